The van der Waals surface area contributed by atoms with Crippen molar-refractivity contribution in [3.63, 3.8) is 0 Å². The Labute approximate surface area is 140 Å². The second kappa shape index (κ2) is 6.66. The normalized spacial score (nSPS) is 13.9. The van der Waals surface area contributed by atoms with E-state index < -0.39 is 5.60 Å². The van der Waals surface area contributed by atoms with E-state index in [1.165, 1.54) is 0 Å². The molecule has 2 aromatic heterocycles. The van der Waals surface area contributed by atoms with Gasteiger partial charge in [0.1, 0.15) is 5.60 Å². The number of para-hydroxylation sites is 1. The number of rotatable bonds is 6. The summed E-state index contributed by atoms with van der Waals surface area (Å²) in [5.74, 6) is 0. The zero-order valence-corrected chi connectivity index (χ0v) is 14.2. The van der Waals surface area contributed by atoms with E-state index in [0.717, 1.165) is 21.8 Å². The molecule has 0 saturated carbocycles. The van der Waals surface area contributed by atoms with E-state index in [1.54, 1.807) is 11.3 Å². The van der Waals surface area contributed by atoms with Gasteiger partial charge in [-0.2, -0.15) is 5.10 Å². The molecular weight excluding hydrogens is 306 g/mol. The summed E-state index contributed by atoms with van der Waals surface area (Å²) in [7, 11) is 0. The van der Waals surface area contributed by atoms with E-state index >= 15 is 0 Å². The molecule has 0 radical (unpaired) electrons. The van der Waals surface area contributed by atoms with Crippen molar-refractivity contribution in [3.05, 3.63) is 70.2 Å². The quantitative estimate of drug-likeness (QED) is 0.731. The molecule has 0 fully saturated rings. The summed E-state index contributed by atoms with van der Waals surface area (Å²) in [6.07, 6.45) is 2.04. The lowest BCUT2D eigenvalue weighted by Crippen LogP contribution is -2.34. The van der Waals surface area contributed by atoms with Gasteiger partial charge in [0.2, 0.25) is 0 Å². The fourth-order valence-electron chi connectivity index (χ4n) is 2.49. The predicted octanol–water partition coefficient (Wildman–Crippen LogP) is 3.24. The highest BCUT2D eigenvalue weighted by atomic mass is 32.1. The van der Waals surface area contributed by atoms with Crippen molar-refractivity contribution in [3.8, 4) is 5.69 Å². The molecule has 0 spiro atoms. The number of thiophene rings is 1. The number of nitrogens with zero attached hydrogens (tertiary/aromatic N) is 2. The van der Waals surface area contributed by atoms with Crippen LogP contribution in [-0.2, 0) is 12.1 Å². The third kappa shape index (κ3) is 3.69. The number of nitrogens with one attached hydrogen (secondary N) is 1. The fourth-order valence-corrected chi connectivity index (χ4v) is 3.28. The lowest BCUT2D eigenvalue weighted by molar-refractivity contribution is 0.0604. The molecule has 3 rings (SSSR count). The molecule has 2 N–H and O–H groups in total. The van der Waals surface area contributed by atoms with Crippen LogP contribution in [0.1, 0.15) is 23.1 Å². The lowest BCUT2D eigenvalue weighted by Gasteiger charge is -2.22. The van der Waals surface area contributed by atoms with E-state index in [9.17, 15) is 5.11 Å². The zero-order chi connectivity index (χ0) is 16.3. The molecular formula is C18H21N3OS. The molecule has 1 unspecified atom stereocenters. The molecule has 120 valence electrons. The van der Waals surface area contributed by atoms with Crippen LogP contribution in [-0.4, -0.2) is 21.4 Å². The van der Waals surface area contributed by atoms with E-state index in [0.29, 0.717) is 13.1 Å². The van der Waals surface area contributed by atoms with Gasteiger partial charge < -0.3 is 10.4 Å². The van der Waals surface area contributed by atoms with Gasteiger partial charge in [-0.1, -0.05) is 24.3 Å². The van der Waals surface area contributed by atoms with E-state index in [4.69, 9.17) is 0 Å². The number of benzene rings is 1. The minimum absolute atomic E-state index is 0.503. The van der Waals surface area contributed by atoms with E-state index in [-0.39, 0.29) is 0 Å². The van der Waals surface area contributed by atoms with Gasteiger partial charge in [-0.05, 0) is 37.4 Å². The van der Waals surface area contributed by atoms with Gasteiger partial charge in [0.25, 0.3) is 0 Å². The van der Waals surface area contributed by atoms with Crippen LogP contribution in [0, 0.1) is 6.92 Å². The highest BCUT2D eigenvalue weighted by Crippen LogP contribution is 2.24. The number of hydrogen-bond donors (Lipinski definition) is 2. The summed E-state index contributed by atoms with van der Waals surface area (Å²) < 4.78 is 1.89. The van der Waals surface area contributed by atoms with Gasteiger partial charge >= 0.3 is 0 Å². The van der Waals surface area contributed by atoms with Crippen LogP contribution in [0.4, 0.5) is 0 Å². The number of hydrogen-bond acceptors (Lipinski definition) is 4. The van der Waals surface area contributed by atoms with Crippen molar-refractivity contribution >= 4 is 11.3 Å². The topological polar surface area (TPSA) is 50.1 Å². The van der Waals surface area contributed by atoms with Crippen molar-refractivity contribution in [2.75, 3.05) is 6.54 Å². The van der Waals surface area contributed by atoms with Crippen LogP contribution < -0.4 is 5.32 Å². The Bertz CT molecular complexity index is 748. The van der Waals surface area contributed by atoms with Crippen LogP contribution in [0.3, 0.4) is 0 Å². The summed E-state index contributed by atoms with van der Waals surface area (Å²) in [6.45, 7) is 5.03. The van der Waals surface area contributed by atoms with Crippen molar-refractivity contribution in [2.45, 2.75) is 26.0 Å². The first-order chi connectivity index (χ1) is 11.1. The van der Waals surface area contributed by atoms with Gasteiger partial charge in [0.15, 0.2) is 0 Å². The number of aryl methyl sites for hydroxylation is 1. The van der Waals surface area contributed by atoms with Gasteiger partial charge in [0.05, 0.1) is 11.4 Å². The molecule has 0 aliphatic carbocycles. The summed E-state index contributed by atoms with van der Waals surface area (Å²) >= 11 is 1.57. The SMILES string of the molecule is Cc1nn(-c2ccccc2)cc1CNCC(C)(O)c1cccs1. The zero-order valence-electron chi connectivity index (χ0n) is 13.4. The Hall–Kier alpha value is -1.95. The standard InChI is InChI=1S/C18H21N3OS/c1-14-15(12-21(20-14)16-7-4-3-5-8-16)11-19-13-18(2,22)17-9-6-10-23-17/h3-10,12,19,22H,11,13H2,1-2H3. The largest absolute Gasteiger partial charge is 0.383 e. The van der Waals surface area contributed by atoms with E-state index in [1.807, 2.05) is 72.6 Å². The molecule has 0 aliphatic heterocycles. The molecule has 3 aromatic rings. The van der Waals surface area contributed by atoms with Crippen LogP contribution in [0.15, 0.2) is 54.0 Å². The number of aromatic nitrogens is 2. The van der Waals surface area contributed by atoms with Gasteiger partial charge in [-0.3, -0.25) is 0 Å². The van der Waals surface area contributed by atoms with Gasteiger partial charge in [0, 0.05) is 29.7 Å². The first-order valence-corrected chi connectivity index (χ1v) is 8.52. The second-order valence-electron chi connectivity index (χ2n) is 5.87. The molecule has 5 heteroatoms. The van der Waals surface area contributed by atoms with Crippen LogP contribution in [0.2, 0.25) is 0 Å². The molecule has 1 aromatic carbocycles. The van der Waals surface area contributed by atoms with Gasteiger partial charge in [-0.25, -0.2) is 4.68 Å². The smallest absolute Gasteiger partial charge is 0.108 e. The minimum atomic E-state index is -0.850. The molecule has 1 atom stereocenters. The summed E-state index contributed by atoms with van der Waals surface area (Å²) in [5, 5.41) is 20.4. The summed E-state index contributed by atoms with van der Waals surface area (Å²) in [5.41, 5.74) is 2.33. The lowest BCUT2D eigenvalue weighted by atomic mass is 10.1. The monoisotopic (exact) mass is 327 g/mol. The summed E-state index contributed by atoms with van der Waals surface area (Å²) in [4.78, 5) is 0.974. The Balaban J connectivity index is 1.64. The molecule has 0 bridgehead atoms. The molecule has 4 nitrogen and oxygen atoms in total. The molecule has 0 aliphatic rings. The third-order valence-electron chi connectivity index (χ3n) is 3.86. The van der Waals surface area contributed by atoms with Crippen molar-refractivity contribution in [1.29, 1.82) is 0 Å². The van der Waals surface area contributed by atoms with Crippen LogP contribution in [0.25, 0.3) is 5.69 Å². The highest BCUT2D eigenvalue weighted by molar-refractivity contribution is 7.10. The van der Waals surface area contributed by atoms with Crippen molar-refractivity contribution in [2.24, 2.45) is 0 Å². The molecule has 23 heavy (non-hydrogen) atoms. The number of aliphatic hydroxyl groups is 1. The molecule has 0 saturated heterocycles. The first kappa shape index (κ1) is 15.9. The van der Waals surface area contributed by atoms with Crippen molar-refractivity contribution < 1.29 is 5.11 Å². The van der Waals surface area contributed by atoms with Crippen LogP contribution >= 0.6 is 11.3 Å². The minimum Gasteiger partial charge on any atom is -0.383 e. The molecule has 0 amide bonds. The summed E-state index contributed by atoms with van der Waals surface area (Å²) in [6, 6.07) is 14.0. The van der Waals surface area contributed by atoms with Gasteiger partial charge in [-0.15, -0.1) is 11.3 Å². The van der Waals surface area contributed by atoms with Crippen molar-refractivity contribution in [1.82, 2.24) is 15.1 Å². The maximum absolute atomic E-state index is 10.5. The highest BCUT2D eigenvalue weighted by Gasteiger charge is 2.23. The Morgan fingerprint density at radius 3 is 2.70 bits per heavy atom. The maximum Gasteiger partial charge on any atom is 0.108 e. The average Bonchev–Trinajstić information content (AvgIpc) is 3.19. The second-order valence-corrected chi connectivity index (χ2v) is 6.82. The Kier molecular flexibility index (Phi) is 4.61. The third-order valence-corrected chi connectivity index (χ3v) is 4.98. The average molecular weight is 327 g/mol. The predicted molar refractivity (Wildman–Crippen MR) is 93.9 cm³/mol. The Morgan fingerprint density at radius 2 is 2.00 bits per heavy atom. The van der Waals surface area contributed by atoms with Crippen LogP contribution in [0.5, 0.6) is 0 Å². The maximum atomic E-state index is 10.5. The molecule has 2 heterocycles. The fraction of sp³-hybridized carbons (Fsp3) is 0.278. The van der Waals surface area contributed by atoms with E-state index in [2.05, 4.69) is 10.4 Å². The first-order valence-electron chi connectivity index (χ1n) is 7.64. The Morgan fingerprint density at radius 1 is 1.22 bits per heavy atom.